The van der Waals surface area contributed by atoms with E-state index in [-0.39, 0.29) is 17.9 Å². The van der Waals surface area contributed by atoms with Crippen molar-refractivity contribution < 1.29 is 14.3 Å². The molecule has 7 heteroatoms. The first-order valence-corrected chi connectivity index (χ1v) is 10.1. The summed E-state index contributed by atoms with van der Waals surface area (Å²) >= 11 is 0. The minimum absolute atomic E-state index is 0.0754. The molecule has 2 amide bonds. The number of methoxy groups -OCH3 is 1. The number of aromatic nitrogens is 2. The van der Waals surface area contributed by atoms with Crippen molar-refractivity contribution in [3.05, 3.63) is 30.1 Å². The second kappa shape index (κ2) is 7.54. The molecule has 0 saturated heterocycles. The summed E-state index contributed by atoms with van der Waals surface area (Å²) in [5, 5.41) is 3.20. The van der Waals surface area contributed by atoms with Gasteiger partial charge in [0.05, 0.1) is 17.6 Å². The van der Waals surface area contributed by atoms with Crippen LogP contribution in [0.1, 0.15) is 49.6 Å². The predicted octanol–water partition coefficient (Wildman–Crippen LogP) is 2.35. The molecular weight excluding hydrogens is 356 g/mol. The van der Waals surface area contributed by atoms with Gasteiger partial charge in [0.25, 0.3) is 5.91 Å². The Morgan fingerprint density at radius 1 is 1.32 bits per heavy atom. The van der Waals surface area contributed by atoms with E-state index in [1.807, 2.05) is 35.8 Å². The third-order valence-corrected chi connectivity index (χ3v) is 6.06. The molecule has 0 unspecified atom stereocenters. The van der Waals surface area contributed by atoms with Gasteiger partial charge in [-0.05, 0) is 38.3 Å². The van der Waals surface area contributed by atoms with Gasteiger partial charge in [0.15, 0.2) is 5.82 Å². The van der Waals surface area contributed by atoms with Gasteiger partial charge in [-0.15, -0.1) is 0 Å². The number of imidazole rings is 1. The summed E-state index contributed by atoms with van der Waals surface area (Å²) in [5.41, 5.74) is 0.717. The quantitative estimate of drug-likeness (QED) is 0.776. The van der Waals surface area contributed by atoms with Crippen LogP contribution in [-0.4, -0.2) is 58.1 Å². The summed E-state index contributed by atoms with van der Waals surface area (Å²) < 4.78 is 7.06. The number of hydrogen-bond donors (Lipinski definition) is 1. The Balaban J connectivity index is 1.70. The lowest BCUT2D eigenvalue weighted by Gasteiger charge is -2.44. The summed E-state index contributed by atoms with van der Waals surface area (Å²) in [4.78, 5) is 33.0. The van der Waals surface area contributed by atoms with Crippen molar-refractivity contribution in [3.8, 4) is 0 Å². The van der Waals surface area contributed by atoms with E-state index >= 15 is 0 Å². The van der Waals surface area contributed by atoms with Gasteiger partial charge in [0, 0.05) is 26.3 Å². The summed E-state index contributed by atoms with van der Waals surface area (Å²) in [6.07, 6.45) is 5.00. The minimum atomic E-state index is -0.954. The fourth-order valence-electron chi connectivity index (χ4n) is 4.46. The number of carbonyl (C=O) groups excluding carboxylic acids is 2. The van der Waals surface area contributed by atoms with Crippen molar-refractivity contribution in [3.63, 3.8) is 0 Å². The molecule has 28 heavy (non-hydrogen) atoms. The molecule has 4 rings (SSSR count). The predicted molar refractivity (Wildman–Crippen MR) is 106 cm³/mol. The average molecular weight is 384 g/mol. The van der Waals surface area contributed by atoms with E-state index in [9.17, 15) is 9.59 Å². The molecule has 1 aromatic heterocycles. The molecule has 1 aliphatic heterocycles. The highest BCUT2D eigenvalue weighted by molar-refractivity contribution is 6.01. The maximum absolute atomic E-state index is 13.4. The van der Waals surface area contributed by atoms with Crippen molar-refractivity contribution in [2.45, 2.75) is 57.2 Å². The van der Waals surface area contributed by atoms with Crippen LogP contribution in [0, 0.1) is 0 Å². The Morgan fingerprint density at radius 2 is 2.07 bits per heavy atom. The van der Waals surface area contributed by atoms with Crippen molar-refractivity contribution in [1.29, 1.82) is 0 Å². The van der Waals surface area contributed by atoms with E-state index in [0.717, 1.165) is 36.7 Å². The molecule has 7 nitrogen and oxygen atoms in total. The summed E-state index contributed by atoms with van der Waals surface area (Å²) in [6, 6.07) is 7.91. The molecule has 2 aliphatic rings. The van der Waals surface area contributed by atoms with E-state index < -0.39 is 5.54 Å². The van der Waals surface area contributed by atoms with Crippen molar-refractivity contribution in [1.82, 2.24) is 19.8 Å². The van der Waals surface area contributed by atoms with E-state index in [1.165, 1.54) is 0 Å². The van der Waals surface area contributed by atoms with Crippen LogP contribution in [0.15, 0.2) is 24.3 Å². The zero-order valence-electron chi connectivity index (χ0n) is 16.6. The molecule has 1 aliphatic carbocycles. The smallest absolute Gasteiger partial charge is 0.290 e. The van der Waals surface area contributed by atoms with Crippen LogP contribution in [0.5, 0.6) is 0 Å². The van der Waals surface area contributed by atoms with Crippen LogP contribution >= 0.6 is 0 Å². The van der Waals surface area contributed by atoms with Gasteiger partial charge in [0.1, 0.15) is 5.54 Å². The van der Waals surface area contributed by atoms with Crippen LogP contribution in [0.4, 0.5) is 0 Å². The molecule has 1 N–H and O–H groups in total. The molecule has 2 aromatic rings. The van der Waals surface area contributed by atoms with Gasteiger partial charge in [-0.2, -0.15) is 0 Å². The van der Waals surface area contributed by atoms with Gasteiger partial charge in [0.2, 0.25) is 5.91 Å². The van der Waals surface area contributed by atoms with Crippen molar-refractivity contribution >= 4 is 22.8 Å². The second-order valence-corrected chi connectivity index (χ2v) is 8.04. The third-order valence-electron chi connectivity index (χ3n) is 6.06. The number of benzene rings is 1. The lowest BCUT2D eigenvalue weighted by atomic mass is 9.94. The molecule has 1 fully saturated rings. The lowest BCUT2D eigenvalue weighted by molar-refractivity contribution is -0.133. The Kier molecular flexibility index (Phi) is 5.10. The Labute approximate surface area is 165 Å². The van der Waals surface area contributed by atoms with E-state index in [4.69, 9.17) is 4.74 Å². The molecule has 1 atom stereocenters. The number of fused-ring (bicyclic) bond motifs is 3. The molecular formula is C21H28N4O3. The largest absolute Gasteiger partial charge is 0.385 e. The van der Waals surface area contributed by atoms with Gasteiger partial charge >= 0.3 is 0 Å². The Bertz CT molecular complexity index is 887. The molecule has 2 heterocycles. The van der Waals surface area contributed by atoms with Gasteiger partial charge < -0.3 is 19.5 Å². The number of para-hydroxylation sites is 2. The standard InChI is InChI=1S/C21H28N4O3/c1-21(20(27)22-15-8-3-4-9-15)14-24-17-11-6-5-10-16(17)23-18(24)19(26)25(21)12-7-13-28-2/h5-6,10-11,15H,3-4,7-9,12-14H2,1-2H3,(H,22,27)/t21-/m0/s1. The highest BCUT2D eigenvalue weighted by Gasteiger charge is 2.48. The molecule has 0 bridgehead atoms. The second-order valence-electron chi connectivity index (χ2n) is 8.04. The topological polar surface area (TPSA) is 76.5 Å². The monoisotopic (exact) mass is 384 g/mol. The first kappa shape index (κ1) is 18.9. The SMILES string of the molecule is COCCCN1C(=O)c2nc3ccccc3n2C[C@@]1(C)C(=O)NC1CCCC1. The molecule has 150 valence electrons. The number of carbonyl (C=O) groups is 2. The number of amides is 2. The van der Waals surface area contributed by atoms with Gasteiger partial charge in [-0.1, -0.05) is 25.0 Å². The number of nitrogens with zero attached hydrogens (tertiary/aromatic N) is 3. The fraction of sp³-hybridized carbons (Fsp3) is 0.571. The molecule has 1 saturated carbocycles. The molecule has 0 radical (unpaired) electrons. The number of nitrogens with one attached hydrogen (secondary N) is 1. The maximum Gasteiger partial charge on any atom is 0.290 e. The molecule has 0 spiro atoms. The highest BCUT2D eigenvalue weighted by atomic mass is 16.5. The van der Waals surface area contributed by atoms with Crippen molar-refractivity contribution in [2.24, 2.45) is 0 Å². The number of hydrogen-bond acceptors (Lipinski definition) is 4. The first-order valence-electron chi connectivity index (χ1n) is 10.1. The minimum Gasteiger partial charge on any atom is -0.385 e. The van der Waals surface area contributed by atoms with Gasteiger partial charge in [-0.3, -0.25) is 9.59 Å². The van der Waals surface area contributed by atoms with Crippen molar-refractivity contribution in [2.75, 3.05) is 20.3 Å². The van der Waals surface area contributed by atoms with E-state index in [2.05, 4.69) is 10.3 Å². The van der Waals surface area contributed by atoms with E-state index in [0.29, 0.717) is 31.9 Å². The zero-order chi connectivity index (χ0) is 19.7. The fourth-order valence-corrected chi connectivity index (χ4v) is 4.46. The summed E-state index contributed by atoms with van der Waals surface area (Å²) in [7, 11) is 1.64. The van der Waals surface area contributed by atoms with Crippen LogP contribution in [0.2, 0.25) is 0 Å². The Morgan fingerprint density at radius 3 is 2.82 bits per heavy atom. The number of rotatable bonds is 6. The van der Waals surface area contributed by atoms with Gasteiger partial charge in [-0.25, -0.2) is 4.98 Å². The number of ether oxygens (including phenoxy) is 1. The molecule has 1 aromatic carbocycles. The summed E-state index contributed by atoms with van der Waals surface area (Å²) in [6.45, 7) is 3.28. The van der Waals surface area contributed by atoms with E-state index in [1.54, 1.807) is 12.0 Å². The van der Waals surface area contributed by atoms with Crippen LogP contribution < -0.4 is 5.32 Å². The van der Waals surface area contributed by atoms with Crippen LogP contribution in [0.25, 0.3) is 11.0 Å². The first-order chi connectivity index (χ1) is 13.5. The highest BCUT2D eigenvalue weighted by Crippen LogP contribution is 2.31. The average Bonchev–Trinajstić information content (AvgIpc) is 3.32. The van der Waals surface area contributed by atoms with Crippen LogP contribution in [-0.2, 0) is 16.1 Å². The maximum atomic E-state index is 13.4. The zero-order valence-corrected chi connectivity index (χ0v) is 16.6. The normalized spacial score (nSPS) is 22.6. The third kappa shape index (κ3) is 3.17. The Hall–Kier alpha value is -2.41. The van der Waals surface area contributed by atoms with Crippen LogP contribution in [0.3, 0.4) is 0 Å². The lowest BCUT2D eigenvalue weighted by Crippen LogP contribution is -2.65. The summed E-state index contributed by atoms with van der Waals surface area (Å²) in [5.74, 6) is 0.140.